The van der Waals surface area contributed by atoms with Crippen molar-refractivity contribution in [1.29, 1.82) is 0 Å². The normalized spacial score (nSPS) is 18.2. The SMILES string of the molecule is CC[C@H]1CCCN(c2ccnc3[nH]cc(-c4ncccc4F)c23)C1. The molecule has 1 aliphatic heterocycles. The quantitative estimate of drug-likeness (QED) is 0.777. The number of halogens is 1. The first-order valence-electron chi connectivity index (χ1n) is 8.60. The monoisotopic (exact) mass is 324 g/mol. The van der Waals surface area contributed by atoms with Crippen LogP contribution in [0.3, 0.4) is 0 Å². The predicted octanol–water partition coefficient (Wildman–Crippen LogP) is 4.39. The number of pyridine rings is 2. The van der Waals surface area contributed by atoms with E-state index < -0.39 is 0 Å². The lowest BCUT2D eigenvalue weighted by Crippen LogP contribution is -2.35. The Labute approximate surface area is 140 Å². The first-order chi connectivity index (χ1) is 11.8. The minimum absolute atomic E-state index is 0.307. The second-order valence-corrected chi connectivity index (χ2v) is 6.45. The van der Waals surface area contributed by atoms with Gasteiger partial charge in [-0.15, -0.1) is 0 Å². The van der Waals surface area contributed by atoms with Crippen LogP contribution >= 0.6 is 0 Å². The van der Waals surface area contributed by atoms with Gasteiger partial charge in [-0.3, -0.25) is 4.98 Å². The number of fused-ring (bicyclic) bond motifs is 1. The highest BCUT2D eigenvalue weighted by Crippen LogP contribution is 2.36. The smallest absolute Gasteiger partial charge is 0.149 e. The summed E-state index contributed by atoms with van der Waals surface area (Å²) in [5.41, 5.74) is 3.07. The summed E-state index contributed by atoms with van der Waals surface area (Å²) in [5, 5.41) is 0.965. The molecule has 0 aliphatic carbocycles. The Morgan fingerprint density at radius 3 is 3.04 bits per heavy atom. The van der Waals surface area contributed by atoms with Gasteiger partial charge in [0.15, 0.2) is 0 Å². The lowest BCUT2D eigenvalue weighted by atomic mass is 9.95. The number of rotatable bonds is 3. The number of anilines is 1. The molecule has 0 saturated carbocycles. The van der Waals surface area contributed by atoms with E-state index in [2.05, 4.69) is 26.8 Å². The molecule has 1 fully saturated rings. The summed E-state index contributed by atoms with van der Waals surface area (Å²) in [6.45, 7) is 4.33. The summed E-state index contributed by atoms with van der Waals surface area (Å²) < 4.78 is 14.3. The zero-order valence-electron chi connectivity index (χ0n) is 13.8. The summed E-state index contributed by atoms with van der Waals surface area (Å²) >= 11 is 0. The molecule has 5 heteroatoms. The lowest BCUT2D eigenvalue weighted by molar-refractivity contribution is 0.405. The summed E-state index contributed by atoms with van der Waals surface area (Å²) in [7, 11) is 0. The van der Waals surface area contributed by atoms with E-state index in [-0.39, 0.29) is 5.82 Å². The minimum atomic E-state index is -0.307. The van der Waals surface area contributed by atoms with Crippen LogP contribution < -0.4 is 4.90 Å². The fourth-order valence-corrected chi connectivity index (χ4v) is 3.69. The molecular formula is C19H21FN4. The average molecular weight is 324 g/mol. The maximum absolute atomic E-state index is 14.3. The van der Waals surface area contributed by atoms with Crippen molar-refractivity contribution in [3.05, 3.63) is 42.6 Å². The molecule has 1 saturated heterocycles. The molecule has 3 aromatic heterocycles. The number of H-pyrrole nitrogens is 1. The van der Waals surface area contributed by atoms with Crippen molar-refractivity contribution in [2.24, 2.45) is 5.92 Å². The zero-order chi connectivity index (χ0) is 16.5. The third-order valence-electron chi connectivity index (χ3n) is 5.00. The van der Waals surface area contributed by atoms with E-state index in [9.17, 15) is 4.39 Å². The van der Waals surface area contributed by atoms with Gasteiger partial charge >= 0.3 is 0 Å². The summed E-state index contributed by atoms with van der Waals surface area (Å²) in [6, 6.07) is 5.10. The van der Waals surface area contributed by atoms with Crippen LogP contribution in [0.5, 0.6) is 0 Å². The Bertz CT molecular complexity index is 857. The van der Waals surface area contributed by atoms with Gasteiger partial charge in [0.25, 0.3) is 0 Å². The van der Waals surface area contributed by atoms with Gasteiger partial charge in [-0.05, 0) is 37.0 Å². The number of nitrogens with zero attached hydrogens (tertiary/aromatic N) is 3. The van der Waals surface area contributed by atoms with Crippen LogP contribution in [0.25, 0.3) is 22.3 Å². The Balaban J connectivity index is 1.85. The summed E-state index contributed by atoms with van der Waals surface area (Å²) in [6.07, 6.45) is 8.94. The maximum atomic E-state index is 14.3. The molecule has 0 bridgehead atoms. The van der Waals surface area contributed by atoms with E-state index >= 15 is 0 Å². The van der Waals surface area contributed by atoms with Crippen molar-refractivity contribution in [2.45, 2.75) is 26.2 Å². The molecule has 4 heterocycles. The van der Waals surface area contributed by atoms with Gasteiger partial charge in [-0.25, -0.2) is 9.37 Å². The van der Waals surface area contributed by atoms with Crippen molar-refractivity contribution < 1.29 is 4.39 Å². The molecule has 0 spiro atoms. The molecule has 124 valence electrons. The molecule has 0 unspecified atom stereocenters. The lowest BCUT2D eigenvalue weighted by Gasteiger charge is -2.34. The van der Waals surface area contributed by atoms with Crippen LogP contribution in [0.4, 0.5) is 10.1 Å². The number of piperidine rings is 1. The van der Waals surface area contributed by atoms with Gasteiger partial charge in [-0.1, -0.05) is 13.3 Å². The first-order valence-corrected chi connectivity index (χ1v) is 8.60. The molecule has 3 aromatic rings. The van der Waals surface area contributed by atoms with E-state index in [1.54, 1.807) is 12.3 Å². The standard InChI is InChI=1S/C19H21FN4/c1-2-13-5-4-10-24(12-13)16-7-9-22-19-17(16)14(11-23-19)18-15(20)6-3-8-21-18/h3,6-9,11,13H,2,4-5,10,12H2,1H3,(H,22,23)/t13-/m0/s1. The van der Waals surface area contributed by atoms with Gasteiger partial charge < -0.3 is 9.88 Å². The number of hydrogen-bond acceptors (Lipinski definition) is 3. The van der Waals surface area contributed by atoms with E-state index in [0.717, 1.165) is 41.3 Å². The van der Waals surface area contributed by atoms with Crippen LogP contribution in [0, 0.1) is 11.7 Å². The molecule has 4 nitrogen and oxygen atoms in total. The largest absolute Gasteiger partial charge is 0.371 e. The maximum Gasteiger partial charge on any atom is 0.149 e. The van der Waals surface area contributed by atoms with Gasteiger partial charge in [0, 0.05) is 42.9 Å². The zero-order valence-corrected chi connectivity index (χ0v) is 13.8. The molecule has 1 atom stereocenters. The molecule has 1 N–H and O–H groups in total. The van der Waals surface area contributed by atoms with Crippen LogP contribution in [0.2, 0.25) is 0 Å². The van der Waals surface area contributed by atoms with Crippen molar-refractivity contribution in [2.75, 3.05) is 18.0 Å². The Morgan fingerprint density at radius 1 is 1.29 bits per heavy atom. The Hall–Kier alpha value is -2.43. The molecule has 0 amide bonds. The van der Waals surface area contributed by atoms with Gasteiger partial charge in [-0.2, -0.15) is 0 Å². The Kier molecular flexibility index (Phi) is 3.92. The third-order valence-corrected chi connectivity index (χ3v) is 5.00. The molecule has 0 aromatic carbocycles. The topological polar surface area (TPSA) is 44.8 Å². The summed E-state index contributed by atoms with van der Waals surface area (Å²) in [4.78, 5) is 14.3. The van der Waals surface area contributed by atoms with Crippen molar-refractivity contribution in [3.63, 3.8) is 0 Å². The summed E-state index contributed by atoms with van der Waals surface area (Å²) in [5.74, 6) is 0.411. The van der Waals surface area contributed by atoms with Gasteiger partial charge in [0.05, 0.1) is 5.39 Å². The van der Waals surface area contributed by atoms with Crippen LogP contribution in [-0.2, 0) is 0 Å². The highest BCUT2D eigenvalue weighted by Gasteiger charge is 2.23. The van der Waals surface area contributed by atoms with Crippen LogP contribution in [0.1, 0.15) is 26.2 Å². The fraction of sp³-hybridized carbons (Fsp3) is 0.368. The average Bonchev–Trinajstić information content (AvgIpc) is 3.06. The van der Waals surface area contributed by atoms with Crippen LogP contribution in [0.15, 0.2) is 36.8 Å². The number of nitrogens with one attached hydrogen (secondary N) is 1. The van der Waals surface area contributed by atoms with E-state index in [0.29, 0.717) is 5.69 Å². The molecule has 0 radical (unpaired) electrons. The number of hydrogen-bond donors (Lipinski definition) is 1. The van der Waals surface area contributed by atoms with Crippen molar-refractivity contribution in [3.8, 4) is 11.3 Å². The van der Waals surface area contributed by atoms with E-state index in [1.807, 2.05) is 18.5 Å². The number of aromatic amines is 1. The van der Waals surface area contributed by atoms with Crippen LogP contribution in [-0.4, -0.2) is 28.0 Å². The fourth-order valence-electron chi connectivity index (χ4n) is 3.69. The highest BCUT2D eigenvalue weighted by molar-refractivity contribution is 6.02. The van der Waals surface area contributed by atoms with E-state index in [4.69, 9.17) is 0 Å². The highest BCUT2D eigenvalue weighted by atomic mass is 19.1. The van der Waals surface area contributed by atoms with E-state index in [1.165, 1.54) is 25.3 Å². The second-order valence-electron chi connectivity index (χ2n) is 6.45. The Morgan fingerprint density at radius 2 is 2.21 bits per heavy atom. The van der Waals surface area contributed by atoms with Crippen molar-refractivity contribution >= 4 is 16.7 Å². The predicted molar refractivity (Wildman–Crippen MR) is 94.5 cm³/mol. The molecular weight excluding hydrogens is 303 g/mol. The molecule has 1 aliphatic rings. The third kappa shape index (κ3) is 2.54. The van der Waals surface area contributed by atoms with Crippen molar-refractivity contribution in [1.82, 2.24) is 15.0 Å². The first kappa shape index (κ1) is 15.1. The number of aromatic nitrogens is 3. The van der Waals surface area contributed by atoms with Gasteiger partial charge in [0.2, 0.25) is 0 Å². The second kappa shape index (κ2) is 6.23. The molecule has 24 heavy (non-hydrogen) atoms. The van der Waals surface area contributed by atoms with Gasteiger partial charge in [0.1, 0.15) is 17.2 Å². The minimum Gasteiger partial charge on any atom is -0.371 e. The molecule has 4 rings (SSSR count).